The molecule has 468 valence electrons. The molecule has 86 heavy (non-hydrogen) atoms. The monoisotopic (exact) mass is 1190 g/mol. The molecule has 1 aliphatic heterocycles. The van der Waals surface area contributed by atoms with E-state index in [1.165, 1.54) is 0 Å². The highest BCUT2D eigenvalue weighted by Gasteiger charge is 2.25. The molecule has 0 saturated heterocycles. The van der Waals surface area contributed by atoms with Crippen LogP contribution < -0.4 is 86.2 Å². The minimum Gasteiger partial charge on any atom is -0.380 e. The summed E-state index contributed by atoms with van der Waals surface area (Å²) in [6.07, 6.45) is 13.6. The van der Waals surface area contributed by atoms with Crippen molar-refractivity contribution in [3.8, 4) is 0 Å². The van der Waals surface area contributed by atoms with Crippen molar-refractivity contribution in [1.29, 1.82) is 0 Å². The fourth-order valence-corrected chi connectivity index (χ4v) is 11.8. The number of rotatable bonds is 2. The highest BCUT2D eigenvalue weighted by molar-refractivity contribution is 5.75. The second-order valence-corrected chi connectivity index (χ2v) is 23.9. The Balaban J connectivity index is 0.875. The predicted octanol–water partition coefficient (Wildman–Crippen LogP) is 2.81. The van der Waals surface area contributed by atoms with E-state index in [9.17, 15) is 47.9 Å². The maximum absolute atomic E-state index is 12.6. The van der Waals surface area contributed by atoms with E-state index in [0.29, 0.717) is 154 Å². The van der Waals surface area contributed by atoms with Gasteiger partial charge >= 0.3 is 0 Å². The SMILES string of the molecule is CN1CCCCc2c(c(=O)c2=O)CCCCN(C)CCCNc2c(c(=O)c2=O)NCCCN(C)CCCNc2c(c(=O)c2=O)NCCCN(Cc2ccccc2)CCCNc2c(c(=O)c2=O)NCCCN(C)CCCCc2c(c(=O)c2=O)CCCC1. The summed E-state index contributed by atoms with van der Waals surface area (Å²) in [7, 11) is 8.13. The highest BCUT2D eigenvalue weighted by atomic mass is 16.2. The van der Waals surface area contributed by atoms with E-state index >= 15 is 0 Å². The third-order valence-electron chi connectivity index (χ3n) is 17.1. The summed E-state index contributed by atoms with van der Waals surface area (Å²) in [5, 5.41) is 19.1. The van der Waals surface area contributed by atoms with Crippen LogP contribution in [0, 0.1) is 0 Å². The van der Waals surface area contributed by atoms with E-state index in [1.807, 2.05) is 39.3 Å². The lowest BCUT2D eigenvalue weighted by Gasteiger charge is -2.23. The van der Waals surface area contributed by atoms with Crippen molar-refractivity contribution in [3.63, 3.8) is 0 Å². The van der Waals surface area contributed by atoms with Crippen molar-refractivity contribution in [1.82, 2.24) is 24.5 Å². The summed E-state index contributed by atoms with van der Waals surface area (Å²) >= 11 is 0. The Kier molecular flexibility index (Phi) is 26.3. The van der Waals surface area contributed by atoms with Crippen molar-refractivity contribution in [3.05, 3.63) is 160 Å². The molecule has 0 saturated carbocycles. The largest absolute Gasteiger partial charge is 0.380 e. The van der Waals surface area contributed by atoms with Crippen LogP contribution in [0.15, 0.2) is 78.3 Å². The Morgan fingerprint density at radius 2 is 0.500 bits per heavy atom. The van der Waals surface area contributed by atoms with Crippen LogP contribution in [0.3, 0.4) is 0 Å². The van der Waals surface area contributed by atoms with Crippen LogP contribution in [0.2, 0.25) is 0 Å². The molecule has 0 aliphatic carbocycles. The van der Waals surface area contributed by atoms with Crippen LogP contribution in [0.1, 0.15) is 118 Å². The molecule has 6 aromatic rings. The minimum atomic E-state index is -0.528. The molecular formula is C65H93N11O10. The van der Waals surface area contributed by atoms with Gasteiger partial charge in [0.25, 0.3) is 32.6 Å². The zero-order chi connectivity index (χ0) is 61.5. The molecule has 1 aliphatic rings. The van der Waals surface area contributed by atoms with Gasteiger partial charge in [-0.2, -0.15) is 0 Å². The molecule has 7 rings (SSSR count). The van der Waals surface area contributed by atoms with Gasteiger partial charge in [-0.25, -0.2) is 0 Å². The maximum Gasteiger partial charge on any atom is 0.253 e. The normalized spacial score (nSPS) is 19.1. The molecule has 0 aromatic heterocycles. The quantitative estimate of drug-likeness (QED) is 0.136. The van der Waals surface area contributed by atoms with E-state index in [4.69, 9.17) is 0 Å². The molecule has 21 heteroatoms. The summed E-state index contributed by atoms with van der Waals surface area (Å²) in [5.74, 6) is 0. The van der Waals surface area contributed by atoms with E-state index in [1.54, 1.807) is 0 Å². The summed E-state index contributed by atoms with van der Waals surface area (Å²) in [4.78, 5) is 137. The van der Waals surface area contributed by atoms with Crippen molar-refractivity contribution in [2.24, 2.45) is 0 Å². The molecule has 6 aromatic carbocycles. The van der Waals surface area contributed by atoms with Crippen LogP contribution in [-0.4, -0.2) is 157 Å². The van der Waals surface area contributed by atoms with Gasteiger partial charge in [-0.15, -0.1) is 0 Å². The van der Waals surface area contributed by atoms with Crippen molar-refractivity contribution in [2.45, 2.75) is 122 Å². The molecule has 0 amide bonds. The zero-order valence-corrected chi connectivity index (χ0v) is 51.5. The lowest BCUT2D eigenvalue weighted by atomic mass is 9.92. The molecule has 0 unspecified atom stereocenters. The fraction of sp³-hybridized carbons (Fsp3) is 0.600. The Morgan fingerprint density at radius 1 is 0.279 bits per heavy atom. The first-order valence-corrected chi connectivity index (χ1v) is 31.6. The number of hydrogen-bond donors (Lipinski definition) is 6. The van der Waals surface area contributed by atoms with Crippen molar-refractivity contribution >= 4 is 34.1 Å². The van der Waals surface area contributed by atoms with Crippen LogP contribution in [-0.2, 0) is 32.2 Å². The van der Waals surface area contributed by atoms with Gasteiger partial charge in [-0.1, -0.05) is 30.3 Å². The Hall–Kier alpha value is -6.78. The molecule has 0 atom stereocenters. The zero-order valence-electron chi connectivity index (χ0n) is 51.5. The fourth-order valence-electron chi connectivity index (χ4n) is 11.8. The van der Waals surface area contributed by atoms with E-state index in [-0.39, 0.29) is 21.7 Å². The average molecular weight is 1190 g/mol. The van der Waals surface area contributed by atoms with Crippen LogP contribution in [0.25, 0.3) is 0 Å². The summed E-state index contributed by atoms with van der Waals surface area (Å²) in [5.41, 5.74) is 1.33. The van der Waals surface area contributed by atoms with Gasteiger partial charge in [0, 0.05) is 81.2 Å². The standard InChI is InChI=1S/C65H93N11O10/c1-72-34-12-8-24-46-48(58(79)56(46)77)26-10-14-36-73(2)38-16-28-66-50-51(61(82)60(50)81)68-30-18-40-75(4)41-19-31-69-53-55(65(86)63(53)84)71-33-21-43-76(44-45-22-6-5-7-23-45)42-20-32-70-54-52(62(83)64(54)85)67-29-17-39-74(3)37-15-11-27-49-47(25-9-13-35-72)57(78)59(49)80/h5-7,22-23,66-71H,8-21,24-44H2,1-4H3. The summed E-state index contributed by atoms with van der Waals surface area (Å²) in [6.45, 7) is 11.6. The van der Waals surface area contributed by atoms with Crippen molar-refractivity contribution < 1.29 is 0 Å². The van der Waals surface area contributed by atoms with Gasteiger partial charge in [0.15, 0.2) is 0 Å². The van der Waals surface area contributed by atoms with Crippen LogP contribution in [0.4, 0.5) is 34.1 Å². The molecule has 0 bridgehead atoms. The smallest absolute Gasteiger partial charge is 0.253 e. The van der Waals surface area contributed by atoms with Gasteiger partial charge in [0.05, 0.1) is 0 Å². The maximum atomic E-state index is 12.6. The Labute approximate surface area is 504 Å². The van der Waals surface area contributed by atoms with Gasteiger partial charge in [0.1, 0.15) is 34.1 Å². The molecule has 0 fully saturated rings. The molecular weight excluding hydrogens is 1090 g/mol. The summed E-state index contributed by atoms with van der Waals surface area (Å²) in [6, 6.07) is 10.1. The topological polar surface area (TPSA) is 259 Å². The predicted molar refractivity (Wildman–Crippen MR) is 349 cm³/mol. The lowest BCUT2D eigenvalue weighted by molar-refractivity contribution is 0.263. The third-order valence-corrected chi connectivity index (χ3v) is 17.1. The average Bonchev–Trinajstić information content (AvgIpc) is 2.79. The number of anilines is 6. The second-order valence-electron chi connectivity index (χ2n) is 23.9. The van der Waals surface area contributed by atoms with Crippen LogP contribution >= 0.6 is 0 Å². The molecule has 0 radical (unpaired) electrons. The Bertz CT molecular complexity index is 3260. The number of hydrogen-bond acceptors (Lipinski definition) is 21. The number of benzene rings is 1. The van der Waals surface area contributed by atoms with E-state index in [0.717, 1.165) is 135 Å². The summed E-state index contributed by atoms with van der Waals surface area (Å²) < 4.78 is 0. The second kappa shape index (κ2) is 33.9. The molecule has 21 nitrogen and oxygen atoms in total. The number of nitrogens with zero attached hydrogens (tertiary/aromatic N) is 5. The third kappa shape index (κ3) is 18.6. The minimum absolute atomic E-state index is 0.312. The Morgan fingerprint density at radius 3 is 0.744 bits per heavy atom. The molecule has 0 spiro atoms. The van der Waals surface area contributed by atoms with E-state index in [2.05, 4.69) is 75.6 Å². The lowest BCUT2D eigenvalue weighted by Crippen LogP contribution is -2.40. The van der Waals surface area contributed by atoms with Gasteiger partial charge in [-0.3, -0.25) is 52.8 Å². The molecule has 1 heterocycles. The van der Waals surface area contributed by atoms with Crippen molar-refractivity contribution in [2.75, 3.05) is 165 Å². The van der Waals surface area contributed by atoms with E-state index < -0.39 is 32.6 Å². The number of fused-ring (bicyclic) bond motifs is 5. The van der Waals surface area contributed by atoms with Gasteiger partial charge < -0.3 is 51.5 Å². The van der Waals surface area contributed by atoms with Gasteiger partial charge in [0.2, 0.25) is 21.7 Å². The van der Waals surface area contributed by atoms with Gasteiger partial charge in [-0.05, 0) is 202 Å². The first-order chi connectivity index (χ1) is 41.5. The first-order valence-electron chi connectivity index (χ1n) is 31.6. The number of nitrogens with one attached hydrogen (secondary N) is 6. The van der Waals surface area contributed by atoms with Crippen LogP contribution in [0.5, 0.6) is 0 Å². The first kappa shape index (κ1) is 66.7. The highest BCUT2D eigenvalue weighted by Crippen LogP contribution is 2.19. The molecule has 6 N–H and O–H groups in total.